The minimum atomic E-state index is -0.0673. The van der Waals surface area contributed by atoms with Crippen molar-refractivity contribution in [3.63, 3.8) is 0 Å². The molecule has 2 aromatic rings. The molecule has 0 amide bonds. The lowest BCUT2D eigenvalue weighted by atomic mass is 9.96. The van der Waals surface area contributed by atoms with Gasteiger partial charge in [0.05, 0.1) is 5.02 Å². The lowest BCUT2D eigenvalue weighted by molar-refractivity contribution is 0.103. The summed E-state index contributed by atoms with van der Waals surface area (Å²) >= 11 is 12.2. The summed E-state index contributed by atoms with van der Waals surface area (Å²) < 4.78 is 0. The molecule has 0 unspecified atom stereocenters. The van der Waals surface area contributed by atoms with Crippen LogP contribution in [-0.4, -0.2) is 5.78 Å². The number of carbonyl (C=O) groups is 1. The fraction of sp³-hybridized carbons (Fsp3) is 0.188. The SMILES string of the molecule is Cc1ccc(C(=O)c2cc(C)c(Cl)cc2C)c(Cl)c1. The molecule has 0 aliphatic rings. The van der Waals surface area contributed by atoms with Crippen LogP contribution >= 0.6 is 23.2 Å². The summed E-state index contributed by atoms with van der Waals surface area (Å²) in [6, 6.07) is 9.08. The van der Waals surface area contributed by atoms with Crippen LogP contribution in [0.4, 0.5) is 0 Å². The Morgan fingerprint density at radius 3 is 2.16 bits per heavy atom. The van der Waals surface area contributed by atoms with Crippen LogP contribution in [0.25, 0.3) is 0 Å². The summed E-state index contributed by atoms with van der Waals surface area (Å²) in [7, 11) is 0. The second-order valence-corrected chi connectivity index (χ2v) is 5.54. The summed E-state index contributed by atoms with van der Waals surface area (Å²) in [4.78, 5) is 12.5. The first-order chi connectivity index (χ1) is 8.90. The van der Waals surface area contributed by atoms with E-state index >= 15 is 0 Å². The molecule has 0 aliphatic carbocycles. The predicted octanol–water partition coefficient (Wildman–Crippen LogP) is 5.15. The third-order valence-electron chi connectivity index (χ3n) is 3.12. The maximum atomic E-state index is 12.5. The molecule has 0 bridgehead atoms. The van der Waals surface area contributed by atoms with Crippen LogP contribution in [0.2, 0.25) is 10.0 Å². The van der Waals surface area contributed by atoms with E-state index in [-0.39, 0.29) is 5.78 Å². The van der Waals surface area contributed by atoms with E-state index in [1.165, 1.54) is 0 Å². The Bertz CT molecular complexity index is 660. The van der Waals surface area contributed by atoms with Crippen LogP contribution in [-0.2, 0) is 0 Å². The third kappa shape index (κ3) is 2.83. The van der Waals surface area contributed by atoms with Crippen LogP contribution in [0.1, 0.15) is 32.6 Å². The molecule has 0 radical (unpaired) electrons. The topological polar surface area (TPSA) is 17.1 Å². The van der Waals surface area contributed by atoms with Gasteiger partial charge in [-0.2, -0.15) is 0 Å². The molecule has 0 atom stereocenters. The lowest BCUT2D eigenvalue weighted by Gasteiger charge is -2.09. The number of benzene rings is 2. The van der Waals surface area contributed by atoms with Crippen molar-refractivity contribution in [3.05, 3.63) is 68.2 Å². The van der Waals surface area contributed by atoms with Crippen molar-refractivity contribution in [2.24, 2.45) is 0 Å². The minimum Gasteiger partial charge on any atom is -0.289 e. The summed E-state index contributed by atoms with van der Waals surface area (Å²) in [5.74, 6) is -0.0673. The first kappa shape index (κ1) is 14.1. The monoisotopic (exact) mass is 292 g/mol. The maximum absolute atomic E-state index is 12.5. The summed E-state index contributed by atoms with van der Waals surface area (Å²) in [6.45, 7) is 5.70. The van der Waals surface area contributed by atoms with E-state index in [0.717, 1.165) is 16.7 Å². The molecule has 0 fully saturated rings. The highest BCUT2D eigenvalue weighted by Crippen LogP contribution is 2.26. The van der Waals surface area contributed by atoms with Gasteiger partial charge in [-0.1, -0.05) is 29.3 Å². The zero-order valence-corrected chi connectivity index (χ0v) is 12.6. The van der Waals surface area contributed by atoms with Crippen molar-refractivity contribution in [1.29, 1.82) is 0 Å². The minimum absolute atomic E-state index is 0.0673. The van der Waals surface area contributed by atoms with Gasteiger partial charge in [-0.25, -0.2) is 0 Å². The second kappa shape index (κ2) is 5.36. The largest absolute Gasteiger partial charge is 0.289 e. The predicted molar refractivity (Wildman–Crippen MR) is 80.5 cm³/mol. The van der Waals surface area contributed by atoms with E-state index < -0.39 is 0 Å². The van der Waals surface area contributed by atoms with Crippen LogP contribution in [0.15, 0.2) is 30.3 Å². The van der Waals surface area contributed by atoms with Gasteiger partial charge in [0.15, 0.2) is 5.78 Å². The Morgan fingerprint density at radius 1 is 0.842 bits per heavy atom. The molecule has 0 spiro atoms. The first-order valence-corrected chi connectivity index (χ1v) is 6.73. The van der Waals surface area contributed by atoms with Crippen LogP contribution in [0.5, 0.6) is 0 Å². The third-order valence-corrected chi connectivity index (χ3v) is 3.84. The number of carbonyl (C=O) groups excluding carboxylic acids is 1. The van der Waals surface area contributed by atoms with Crippen molar-refractivity contribution < 1.29 is 4.79 Å². The van der Waals surface area contributed by atoms with Gasteiger partial charge in [0.1, 0.15) is 0 Å². The number of hydrogen-bond acceptors (Lipinski definition) is 1. The van der Waals surface area contributed by atoms with E-state index in [1.807, 2.05) is 39.0 Å². The molecule has 0 aliphatic heterocycles. The molecule has 2 rings (SSSR count). The number of aryl methyl sites for hydroxylation is 3. The van der Waals surface area contributed by atoms with Gasteiger partial charge >= 0.3 is 0 Å². The molecule has 0 saturated carbocycles. The quantitative estimate of drug-likeness (QED) is 0.700. The maximum Gasteiger partial charge on any atom is 0.194 e. The first-order valence-electron chi connectivity index (χ1n) is 5.97. The average molecular weight is 293 g/mol. The molecule has 0 aromatic heterocycles. The fourth-order valence-corrected chi connectivity index (χ4v) is 2.51. The van der Waals surface area contributed by atoms with Crippen molar-refractivity contribution in [2.45, 2.75) is 20.8 Å². The molecule has 0 N–H and O–H groups in total. The van der Waals surface area contributed by atoms with E-state index in [0.29, 0.717) is 21.2 Å². The fourth-order valence-electron chi connectivity index (χ4n) is 1.97. The number of hydrogen-bond donors (Lipinski definition) is 0. The van der Waals surface area contributed by atoms with E-state index in [2.05, 4.69) is 0 Å². The Balaban J connectivity index is 2.53. The van der Waals surface area contributed by atoms with Gasteiger partial charge in [-0.15, -0.1) is 0 Å². The average Bonchev–Trinajstić information content (AvgIpc) is 2.33. The molecule has 3 heteroatoms. The van der Waals surface area contributed by atoms with Crippen molar-refractivity contribution in [1.82, 2.24) is 0 Å². The highest BCUT2D eigenvalue weighted by atomic mass is 35.5. The van der Waals surface area contributed by atoms with Gasteiger partial charge in [-0.3, -0.25) is 4.79 Å². The number of ketones is 1. The van der Waals surface area contributed by atoms with E-state index in [9.17, 15) is 4.79 Å². The van der Waals surface area contributed by atoms with Crippen molar-refractivity contribution in [2.75, 3.05) is 0 Å². The zero-order valence-electron chi connectivity index (χ0n) is 11.1. The molecular formula is C16H14Cl2O. The number of halogens is 2. The zero-order chi connectivity index (χ0) is 14.2. The summed E-state index contributed by atoms with van der Waals surface area (Å²) in [5.41, 5.74) is 3.95. The van der Waals surface area contributed by atoms with Gasteiger partial charge in [0.2, 0.25) is 0 Å². The molecule has 0 heterocycles. The molecule has 2 aromatic carbocycles. The molecular weight excluding hydrogens is 279 g/mol. The van der Waals surface area contributed by atoms with Gasteiger partial charge in [-0.05, 0) is 61.7 Å². The van der Waals surface area contributed by atoms with Crippen molar-refractivity contribution >= 4 is 29.0 Å². The normalized spacial score (nSPS) is 10.6. The van der Waals surface area contributed by atoms with Crippen LogP contribution in [0.3, 0.4) is 0 Å². The van der Waals surface area contributed by atoms with E-state index in [4.69, 9.17) is 23.2 Å². The molecule has 19 heavy (non-hydrogen) atoms. The highest BCUT2D eigenvalue weighted by molar-refractivity contribution is 6.35. The number of rotatable bonds is 2. The molecule has 1 nitrogen and oxygen atoms in total. The van der Waals surface area contributed by atoms with E-state index in [1.54, 1.807) is 12.1 Å². The Labute approximate surface area is 123 Å². The second-order valence-electron chi connectivity index (χ2n) is 4.73. The van der Waals surface area contributed by atoms with Crippen LogP contribution < -0.4 is 0 Å². The lowest BCUT2D eigenvalue weighted by Crippen LogP contribution is -2.05. The standard InChI is InChI=1S/C16H14Cl2O/c1-9-4-5-12(15(18)6-9)16(19)13-7-11(3)14(17)8-10(13)2/h4-8H,1-3H3. The summed E-state index contributed by atoms with van der Waals surface area (Å²) in [6.07, 6.45) is 0. The Kier molecular flexibility index (Phi) is 3.98. The van der Waals surface area contributed by atoms with Gasteiger partial charge < -0.3 is 0 Å². The smallest absolute Gasteiger partial charge is 0.194 e. The van der Waals surface area contributed by atoms with Crippen LogP contribution in [0, 0.1) is 20.8 Å². The molecule has 98 valence electrons. The van der Waals surface area contributed by atoms with Crippen molar-refractivity contribution in [3.8, 4) is 0 Å². The van der Waals surface area contributed by atoms with Gasteiger partial charge in [0.25, 0.3) is 0 Å². The Morgan fingerprint density at radius 2 is 1.53 bits per heavy atom. The van der Waals surface area contributed by atoms with Gasteiger partial charge in [0, 0.05) is 16.1 Å². The summed E-state index contributed by atoms with van der Waals surface area (Å²) in [5, 5.41) is 1.15. The highest BCUT2D eigenvalue weighted by Gasteiger charge is 2.16. The molecule has 0 saturated heterocycles. The Hall–Kier alpha value is -1.31.